The lowest BCUT2D eigenvalue weighted by atomic mass is 10.1. The van der Waals surface area contributed by atoms with Gasteiger partial charge in [0, 0.05) is 24.4 Å². The van der Waals surface area contributed by atoms with Crippen molar-refractivity contribution >= 4 is 11.7 Å². The summed E-state index contributed by atoms with van der Waals surface area (Å²) in [6, 6.07) is 5.34. The van der Waals surface area contributed by atoms with Crippen LogP contribution < -0.4 is 10.6 Å². The fourth-order valence-electron chi connectivity index (χ4n) is 1.88. The van der Waals surface area contributed by atoms with Crippen molar-refractivity contribution in [1.82, 2.24) is 15.5 Å². The molecule has 1 amide bonds. The summed E-state index contributed by atoms with van der Waals surface area (Å²) in [6.45, 7) is 6.24. The maximum absolute atomic E-state index is 12.2. The molecule has 2 N–H and O–H groups in total. The van der Waals surface area contributed by atoms with E-state index in [1.54, 1.807) is 19.2 Å². The molecule has 2 rings (SSSR count). The van der Waals surface area contributed by atoms with E-state index in [0.717, 1.165) is 11.5 Å². The summed E-state index contributed by atoms with van der Waals surface area (Å²) in [4.78, 5) is 16.7. The Labute approximate surface area is 123 Å². The van der Waals surface area contributed by atoms with Gasteiger partial charge in [-0.05, 0) is 25.0 Å². The fourth-order valence-corrected chi connectivity index (χ4v) is 1.88. The molecule has 0 bridgehead atoms. The van der Waals surface area contributed by atoms with Crippen LogP contribution in [0.15, 0.2) is 22.7 Å². The van der Waals surface area contributed by atoms with Crippen LogP contribution in [-0.2, 0) is 6.54 Å². The minimum absolute atomic E-state index is 0.156. The van der Waals surface area contributed by atoms with Crippen LogP contribution in [0.25, 0.3) is 0 Å². The van der Waals surface area contributed by atoms with Crippen LogP contribution in [0.2, 0.25) is 0 Å². The summed E-state index contributed by atoms with van der Waals surface area (Å²) in [5.41, 5.74) is 2.16. The van der Waals surface area contributed by atoms with Crippen molar-refractivity contribution in [1.29, 1.82) is 0 Å². The lowest BCUT2D eigenvalue weighted by Gasteiger charge is -2.10. The Morgan fingerprint density at radius 3 is 2.67 bits per heavy atom. The number of carbonyl (C=O) groups excluding carboxylic acids is 1. The molecule has 0 aliphatic heterocycles. The van der Waals surface area contributed by atoms with Gasteiger partial charge in [-0.25, -0.2) is 4.98 Å². The SMILES string of the molecule is CNc1cc(C(=O)NCc2cc(C)on2)cc(C(C)C)n1. The van der Waals surface area contributed by atoms with E-state index in [-0.39, 0.29) is 11.8 Å². The van der Waals surface area contributed by atoms with Crippen molar-refractivity contribution in [3.05, 3.63) is 40.9 Å². The molecule has 0 saturated heterocycles. The molecule has 0 spiro atoms. The first-order valence-corrected chi connectivity index (χ1v) is 6.89. The summed E-state index contributed by atoms with van der Waals surface area (Å²) >= 11 is 0. The van der Waals surface area contributed by atoms with E-state index >= 15 is 0 Å². The van der Waals surface area contributed by atoms with Gasteiger partial charge in [-0.2, -0.15) is 0 Å². The zero-order chi connectivity index (χ0) is 15.4. The third-order valence-electron chi connectivity index (χ3n) is 3.06. The lowest BCUT2D eigenvalue weighted by Crippen LogP contribution is -2.23. The second-order valence-corrected chi connectivity index (χ2v) is 5.18. The summed E-state index contributed by atoms with van der Waals surface area (Å²) in [5, 5.41) is 9.65. The highest BCUT2D eigenvalue weighted by molar-refractivity contribution is 5.95. The molecule has 0 saturated carbocycles. The van der Waals surface area contributed by atoms with Crippen molar-refractivity contribution in [3.8, 4) is 0 Å². The zero-order valence-electron chi connectivity index (χ0n) is 12.7. The largest absolute Gasteiger partial charge is 0.373 e. The van der Waals surface area contributed by atoms with Crippen LogP contribution in [0.4, 0.5) is 5.82 Å². The van der Waals surface area contributed by atoms with E-state index in [0.29, 0.717) is 23.6 Å². The van der Waals surface area contributed by atoms with Gasteiger partial charge in [0.2, 0.25) is 0 Å². The van der Waals surface area contributed by atoms with Crippen LogP contribution in [0.3, 0.4) is 0 Å². The van der Waals surface area contributed by atoms with Gasteiger partial charge in [0.15, 0.2) is 0 Å². The van der Waals surface area contributed by atoms with E-state index < -0.39 is 0 Å². The standard InChI is InChI=1S/C15H20N4O2/c1-9(2)13-6-11(7-14(16-4)18-13)15(20)17-8-12-5-10(3)21-19-12/h5-7,9H,8H2,1-4H3,(H,16,18)(H,17,20). The lowest BCUT2D eigenvalue weighted by molar-refractivity contribution is 0.0950. The smallest absolute Gasteiger partial charge is 0.251 e. The second-order valence-electron chi connectivity index (χ2n) is 5.18. The minimum atomic E-state index is -0.156. The number of rotatable bonds is 5. The number of carbonyl (C=O) groups is 1. The van der Waals surface area contributed by atoms with Gasteiger partial charge in [0.05, 0.1) is 6.54 Å². The summed E-state index contributed by atoms with van der Waals surface area (Å²) in [7, 11) is 1.78. The molecule has 21 heavy (non-hydrogen) atoms. The Morgan fingerprint density at radius 1 is 1.33 bits per heavy atom. The van der Waals surface area contributed by atoms with Crippen LogP contribution in [0.5, 0.6) is 0 Å². The number of nitrogens with zero attached hydrogens (tertiary/aromatic N) is 2. The Hall–Kier alpha value is -2.37. The molecule has 0 fully saturated rings. The van der Waals surface area contributed by atoms with E-state index in [9.17, 15) is 4.79 Å². The maximum Gasteiger partial charge on any atom is 0.251 e. The first kappa shape index (κ1) is 15.0. The second kappa shape index (κ2) is 6.39. The molecule has 0 aliphatic carbocycles. The van der Waals surface area contributed by atoms with Gasteiger partial charge in [0.25, 0.3) is 5.91 Å². The third-order valence-corrected chi connectivity index (χ3v) is 3.06. The average Bonchev–Trinajstić information content (AvgIpc) is 2.89. The molecule has 0 aliphatic rings. The fraction of sp³-hybridized carbons (Fsp3) is 0.400. The maximum atomic E-state index is 12.2. The third kappa shape index (κ3) is 3.81. The Morgan fingerprint density at radius 2 is 2.10 bits per heavy atom. The Bertz CT molecular complexity index is 634. The Balaban J connectivity index is 2.12. The highest BCUT2D eigenvalue weighted by atomic mass is 16.5. The molecule has 0 unspecified atom stereocenters. The van der Waals surface area contributed by atoms with Crippen LogP contribution >= 0.6 is 0 Å². The topological polar surface area (TPSA) is 80.0 Å². The molecule has 0 atom stereocenters. The monoisotopic (exact) mass is 288 g/mol. The van der Waals surface area contributed by atoms with E-state index in [2.05, 4.69) is 20.8 Å². The van der Waals surface area contributed by atoms with Gasteiger partial charge < -0.3 is 15.2 Å². The zero-order valence-corrected chi connectivity index (χ0v) is 12.7. The van der Waals surface area contributed by atoms with Crippen molar-refractivity contribution in [2.75, 3.05) is 12.4 Å². The summed E-state index contributed by atoms with van der Waals surface area (Å²) < 4.78 is 4.97. The first-order valence-electron chi connectivity index (χ1n) is 6.89. The molecule has 112 valence electrons. The molecule has 6 nitrogen and oxygen atoms in total. The minimum Gasteiger partial charge on any atom is -0.373 e. The van der Waals surface area contributed by atoms with E-state index in [1.807, 2.05) is 26.8 Å². The first-order chi connectivity index (χ1) is 9.99. The van der Waals surface area contributed by atoms with Gasteiger partial charge in [-0.1, -0.05) is 19.0 Å². The number of amides is 1. The molecular formula is C15H20N4O2. The predicted octanol–water partition coefficient (Wildman–Crippen LogP) is 2.47. The molecule has 0 aromatic carbocycles. The van der Waals surface area contributed by atoms with Gasteiger partial charge in [-0.15, -0.1) is 0 Å². The average molecular weight is 288 g/mol. The number of hydrogen-bond donors (Lipinski definition) is 2. The quantitative estimate of drug-likeness (QED) is 0.883. The van der Waals surface area contributed by atoms with Crippen molar-refractivity contribution < 1.29 is 9.32 Å². The van der Waals surface area contributed by atoms with Gasteiger partial charge in [-0.3, -0.25) is 4.79 Å². The number of hydrogen-bond acceptors (Lipinski definition) is 5. The number of anilines is 1. The normalized spacial score (nSPS) is 10.7. The number of aromatic nitrogens is 2. The molecule has 6 heteroatoms. The molecule has 0 radical (unpaired) electrons. The highest BCUT2D eigenvalue weighted by Crippen LogP contribution is 2.17. The van der Waals surface area contributed by atoms with Gasteiger partial charge >= 0.3 is 0 Å². The van der Waals surface area contributed by atoms with Crippen LogP contribution in [0.1, 0.15) is 47.3 Å². The summed E-state index contributed by atoms with van der Waals surface area (Å²) in [6.07, 6.45) is 0. The van der Waals surface area contributed by atoms with E-state index in [1.165, 1.54) is 0 Å². The summed E-state index contributed by atoms with van der Waals surface area (Å²) in [5.74, 6) is 1.51. The van der Waals surface area contributed by atoms with Crippen LogP contribution in [-0.4, -0.2) is 23.1 Å². The van der Waals surface area contributed by atoms with Crippen molar-refractivity contribution in [2.24, 2.45) is 0 Å². The van der Waals surface area contributed by atoms with Crippen LogP contribution in [0, 0.1) is 6.92 Å². The molecule has 2 aromatic heterocycles. The molecule has 2 heterocycles. The van der Waals surface area contributed by atoms with Gasteiger partial charge in [0.1, 0.15) is 17.3 Å². The van der Waals surface area contributed by atoms with E-state index in [4.69, 9.17) is 4.52 Å². The Kier molecular flexibility index (Phi) is 4.57. The van der Waals surface area contributed by atoms with Crippen molar-refractivity contribution in [2.45, 2.75) is 33.2 Å². The molecule has 2 aromatic rings. The molecular weight excluding hydrogens is 268 g/mol. The number of pyridine rings is 1. The number of aryl methyl sites for hydroxylation is 1. The number of nitrogens with one attached hydrogen (secondary N) is 2. The predicted molar refractivity (Wildman–Crippen MR) is 80.3 cm³/mol. The van der Waals surface area contributed by atoms with Crippen molar-refractivity contribution in [3.63, 3.8) is 0 Å². The highest BCUT2D eigenvalue weighted by Gasteiger charge is 2.12.